The average Bonchev–Trinajstić information content (AvgIpc) is 3.01. The van der Waals surface area contributed by atoms with Gasteiger partial charge in [0, 0.05) is 17.8 Å². The number of benzene rings is 1. The molecule has 0 bridgehead atoms. The van der Waals surface area contributed by atoms with Gasteiger partial charge in [-0.05, 0) is 24.6 Å². The van der Waals surface area contributed by atoms with Gasteiger partial charge in [0.2, 0.25) is 0 Å². The molecular formula is C17H24FIN4S. The Morgan fingerprint density at radius 3 is 2.54 bits per heavy atom. The first-order valence-corrected chi connectivity index (χ1v) is 8.67. The van der Waals surface area contributed by atoms with Crippen molar-refractivity contribution < 1.29 is 4.39 Å². The molecule has 0 fully saturated rings. The molecule has 2 N–H and O–H groups in total. The number of rotatable bonds is 6. The predicted molar refractivity (Wildman–Crippen MR) is 110 cm³/mol. The topological polar surface area (TPSA) is 49.3 Å². The van der Waals surface area contributed by atoms with Gasteiger partial charge in [-0.15, -0.1) is 35.3 Å². The lowest BCUT2D eigenvalue weighted by Gasteiger charge is -2.10. The molecule has 0 aliphatic carbocycles. The number of thiazole rings is 1. The highest BCUT2D eigenvalue weighted by atomic mass is 127. The summed E-state index contributed by atoms with van der Waals surface area (Å²) in [5, 5.41) is 9.71. The van der Waals surface area contributed by atoms with E-state index in [-0.39, 0.29) is 29.8 Å². The van der Waals surface area contributed by atoms with Gasteiger partial charge in [0.25, 0.3) is 0 Å². The van der Waals surface area contributed by atoms with E-state index in [1.54, 1.807) is 23.5 Å². The molecule has 1 aromatic carbocycles. The van der Waals surface area contributed by atoms with E-state index < -0.39 is 0 Å². The zero-order valence-electron chi connectivity index (χ0n) is 14.2. The lowest BCUT2D eigenvalue weighted by molar-refractivity contribution is 0.627. The quantitative estimate of drug-likeness (QED) is 0.383. The lowest BCUT2D eigenvalue weighted by Crippen LogP contribution is -2.36. The summed E-state index contributed by atoms with van der Waals surface area (Å²) in [6, 6.07) is 6.40. The van der Waals surface area contributed by atoms with Crippen molar-refractivity contribution in [3.05, 3.63) is 51.7 Å². The largest absolute Gasteiger partial charge is 0.357 e. The van der Waals surface area contributed by atoms with Crippen molar-refractivity contribution in [2.24, 2.45) is 4.99 Å². The van der Waals surface area contributed by atoms with Crippen molar-refractivity contribution in [3.63, 3.8) is 0 Å². The standard InChI is InChI=1S/C17H23FN4S.HI/c1-4-19-17(20-9-13-5-7-14(18)8-6-13)21-10-15-11-23-16(22-15)12(2)3;/h5-8,11-12H,4,9-10H2,1-3H3,(H2,19,20,21);1H. The molecule has 0 saturated carbocycles. The predicted octanol–water partition coefficient (Wildman–Crippen LogP) is 4.28. The number of nitrogens with zero attached hydrogens (tertiary/aromatic N) is 2. The van der Waals surface area contributed by atoms with Crippen molar-refractivity contribution in [1.29, 1.82) is 0 Å². The monoisotopic (exact) mass is 462 g/mol. The number of hydrogen-bond acceptors (Lipinski definition) is 3. The van der Waals surface area contributed by atoms with Crippen LogP contribution in [-0.2, 0) is 13.1 Å². The van der Waals surface area contributed by atoms with Crippen LogP contribution in [0.5, 0.6) is 0 Å². The van der Waals surface area contributed by atoms with Crippen molar-refractivity contribution in [2.75, 3.05) is 6.54 Å². The molecule has 0 saturated heterocycles. The van der Waals surface area contributed by atoms with Crippen molar-refractivity contribution in [3.8, 4) is 0 Å². The van der Waals surface area contributed by atoms with Crippen LogP contribution in [0.2, 0.25) is 0 Å². The first-order valence-electron chi connectivity index (χ1n) is 7.79. The molecule has 1 aromatic heterocycles. The first kappa shape index (κ1) is 20.8. The van der Waals surface area contributed by atoms with E-state index in [1.807, 2.05) is 6.92 Å². The van der Waals surface area contributed by atoms with Crippen molar-refractivity contribution in [1.82, 2.24) is 15.6 Å². The summed E-state index contributed by atoms with van der Waals surface area (Å²) in [6.45, 7) is 8.23. The summed E-state index contributed by atoms with van der Waals surface area (Å²) < 4.78 is 12.9. The summed E-state index contributed by atoms with van der Waals surface area (Å²) in [7, 11) is 0. The van der Waals surface area contributed by atoms with Crippen LogP contribution in [-0.4, -0.2) is 17.5 Å². The van der Waals surface area contributed by atoms with Crippen LogP contribution in [0.25, 0.3) is 0 Å². The number of halogens is 2. The van der Waals surface area contributed by atoms with Gasteiger partial charge in [0.15, 0.2) is 5.96 Å². The van der Waals surface area contributed by atoms with Crippen LogP contribution in [0.3, 0.4) is 0 Å². The molecule has 1 heterocycles. The van der Waals surface area contributed by atoms with E-state index in [0.717, 1.165) is 28.8 Å². The van der Waals surface area contributed by atoms with E-state index in [0.29, 0.717) is 19.0 Å². The first-order chi connectivity index (χ1) is 11.1. The molecule has 0 unspecified atom stereocenters. The number of hydrogen-bond donors (Lipinski definition) is 2. The summed E-state index contributed by atoms with van der Waals surface area (Å²) in [4.78, 5) is 9.12. The maximum absolute atomic E-state index is 12.9. The Kier molecular flexibility index (Phi) is 9.20. The van der Waals surface area contributed by atoms with Crippen LogP contribution < -0.4 is 10.6 Å². The van der Waals surface area contributed by atoms with Crippen LogP contribution >= 0.6 is 35.3 Å². The molecule has 7 heteroatoms. The highest BCUT2D eigenvalue weighted by Crippen LogP contribution is 2.18. The zero-order valence-corrected chi connectivity index (χ0v) is 17.3. The summed E-state index contributed by atoms with van der Waals surface area (Å²) >= 11 is 1.69. The summed E-state index contributed by atoms with van der Waals surface area (Å²) in [6.07, 6.45) is 0. The van der Waals surface area contributed by atoms with Crippen LogP contribution in [0, 0.1) is 5.82 Å². The number of aliphatic imine (C=N–C) groups is 1. The Labute approximate surface area is 164 Å². The van der Waals surface area contributed by atoms with Crippen LogP contribution in [0.15, 0.2) is 34.6 Å². The summed E-state index contributed by atoms with van der Waals surface area (Å²) in [5.74, 6) is 0.956. The minimum Gasteiger partial charge on any atom is -0.357 e. The minimum atomic E-state index is -0.229. The van der Waals surface area contributed by atoms with Gasteiger partial charge >= 0.3 is 0 Å². The zero-order chi connectivity index (χ0) is 16.7. The SMILES string of the molecule is CCNC(=NCc1ccc(F)cc1)NCc1csc(C(C)C)n1.I. The van der Waals surface area contributed by atoms with E-state index in [9.17, 15) is 4.39 Å². The number of nitrogens with one attached hydrogen (secondary N) is 2. The van der Waals surface area contributed by atoms with Crippen LogP contribution in [0.4, 0.5) is 4.39 Å². The van der Waals surface area contributed by atoms with Crippen LogP contribution in [0.1, 0.15) is 43.0 Å². The Balaban J connectivity index is 0.00000288. The van der Waals surface area contributed by atoms with Crippen molar-refractivity contribution >= 4 is 41.3 Å². The van der Waals surface area contributed by atoms with Gasteiger partial charge < -0.3 is 10.6 Å². The van der Waals surface area contributed by atoms with Gasteiger partial charge in [0.05, 0.1) is 23.8 Å². The van der Waals surface area contributed by atoms with Gasteiger partial charge in [-0.25, -0.2) is 14.4 Å². The molecular weight excluding hydrogens is 438 g/mol. The second-order valence-electron chi connectivity index (χ2n) is 5.51. The molecule has 0 radical (unpaired) electrons. The van der Waals surface area contributed by atoms with Crippen molar-refractivity contribution in [2.45, 2.75) is 39.8 Å². The molecule has 2 rings (SSSR count). The summed E-state index contributed by atoms with van der Waals surface area (Å²) in [5.41, 5.74) is 1.99. The smallest absolute Gasteiger partial charge is 0.191 e. The minimum absolute atomic E-state index is 0. The molecule has 0 atom stereocenters. The molecule has 4 nitrogen and oxygen atoms in total. The number of guanidine groups is 1. The normalized spacial score (nSPS) is 11.3. The van der Waals surface area contributed by atoms with Gasteiger partial charge in [-0.3, -0.25) is 0 Å². The second kappa shape index (κ2) is 10.6. The third kappa shape index (κ3) is 6.72. The Hall–Kier alpha value is -1.22. The molecule has 0 spiro atoms. The number of aromatic nitrogens is 1. The van der Waals surface area contributed by atoms with E-state index >= 15 is 0 Å². The maximum Gasteiger partial charge on any atom is 0.191 e. The lowest BCUT2D eigenvalue weighted by atomic mass is 10.2. The fourth-order valence-corrected chi connectivity index (χ4v) is 2.78. The van der Waals surface area contributed by atoms with E-state index in [4.69, 9.17) is 0 Å². The molecule has 0 amide bonds. The maximum atomic E-state index is 12.9. The Bertz CT molecular complexity index is 640. The fourth-order valence-electron chi connectivity index (χ4n) is 1.95. The Morgan fingerprint density at radius 2 is 1.96 bits per heavy atom. The third-order valence-electron chi connectivity index (χ3n) is 3.18. The highest BCUT2D eigenvalue weighted by Gasteiger charge is 2.06. The molecule has 2 aromatic rings. The fraction of sp³-hybridized carbons (Fsp3) is 0.412. The molecule has 24 heavy (non-hydrogen) atoms. The Morgan fingerprint density at radius 1 is 1.25 bits per heavy atom. The second-order valence-corrected chi connectivity index (χ2v) is 6.40. The van der Waals surface area contributed by atoms with Gasteiger partial charge in [-0.2, -0.15) is 0 Å². The van der Waals surface area contributed by atoms with Gasteiger partial charge in [-0.1, -0.05) is 26.0 Å². The molecule has 132 valence electrons. The average molecular weight is 462 g/mol. The third-order valence-corrected chi connectivity index (χ3v) is 4.37. The molecule has 0 aliphatic heterocycles. The van der Waals surface area contributed by atoms with E-state index in [1.165, 1.54) is 12.1 Å². The van der Waals surface area contributed by atoms with E-state index in [2.05, 4.69) is 39.8 Å². The molecule has 0 aliphatic rings. The van der Waals surface area contributed by atoms with Gasteiger partial charge in [0.1, 0.15) is 5.82 Å². The highest BCUT2D eigenvalue weighted by molar-refractivity contribution is 14.0.